The van der Waals surface area contributed by atoms with Gasteiger partial charge in [-0.15, -0.1) is 0 Å². The molecule has 1 fully saturated rings. The van der Waals surface area contributed by atoms with Crippen molar-refractivity contribution >= 4 is 68.8 Å². The Morgan fingerprint density at radius 1 is 1.02 bits per heavy atom. The molecule has 2 aliphatic rings. The highest BCUT2D eigenvalue weighted by molar-refractivity contribution is 7.98. The van der Waals surface area contributed by atoms with Crippen LogP contribution in [0, 0.1) is 32.1 Å². The van der Waals surface area contributed by atoms with Crippen LogP contribution in [-0.2, 0) is 48.5 Å². The number of carbonyl (C=O) groups is 4. The van der Waals surface area contributed by atoms with E-state index >= 15 is 0 Å². The first kappa shape index (κ1) is 36.9. The first-order valence-electron chi connectivity index (χ1n) is 15.9. The third-order valence-corrected chi connectivity index (χ3v) is 10.9. The second kappa shape index (κ2) is 15.0. The summed E-state index contributed by atoms with van der Waals surface area (Å²) in [7, 11) is 0. The molecule has 53 heavy (non-hydrogen) atoms. The molecule has 18 nitrogen and oxygen atoms in total. The summed E-state index contributed by atoms with van der Waals surface area (Å²) in [6.45, 7) is 2.73. The molecule has 0 bridgehead atoms. The van der Waals surface area contributed by atoms with Gasteiger partial charge in [0.2, 0.25) is 15.8 Å². The summed E-state index contributed by atoms with van der Waals surface area (Å²) in [5.74, 6) is -2.90. The molecular weight excluding hydrogens is 737 g/mol. The maximum Gasteiger partial charge on any atom is 0.533 e. The van der Waals surface area contributed by atoms with Crippen molar-refractivity contribution in [2.45, 2.75) is 50.8 Å². The van der Waals surface area contributed by atoms with Gasteiger partial charge in [0.1, 0.15) is 25.1 Å². The second-order valence-corrected chi connectivity index (χ2v) is 14.0. The van der Waals surface area contributed by atoms with Crippen LogP contribution in [0.5, 0.6) is 0 Å². The number of hydroxylamine groups is 1. The van der Waals surface area contributed by atoms with E-state index in [1.165, 1.54) is 83.5 Å². The van der Waals surface area contributed by atoms with Gasteiger partial charge in [-0.05, 0) is 48.6 Å². The Labute approximate surface area is 307 Å². The molecule has 6 rings (SSSR count). The number of nitrogens with zero attached hydrogens (tertiary/aromatic N) is 5. The number of imidazole rings is 1. The van der Waals surface area contributed by atoms with Gasteiger partial charge in [-0.3, -0.25) is 29.8 Å². The van der Waals surface area contributed by atoms with Crippen molar-refractivity contribution in [3.63, 3.8) is 0 Å². The molecule has 2 aliphatic heterocycles. The molecule has 2 N–H and O–H groups in total. The summed E-state index contributed by atoms with van der Waals surface area (Å²) >= 11 is 2.67. The van der Waals surface area contributed by atoms with E-state index in [1.54, 1.807) is 21.5 Å². The quantitative estimate of drug-likeness (QED) is 0.0526. The third kappa shape index (κ3) is 7.28. The Hall–Kier alpha value is -5.86. The van der Waals surface area contributed by atoms with Gasteiger partial charge in [-0.2, -0.15) is 9.88 Å². The number of carbonyl (C=O) groups excluding carboxylic acids is 4. The van der Waals surface area contributed by atoms with Crippen LogP contribution >= 0.6 is 23.1 Å². The minimum absolute atomic E-state index is 0.0615. The molecule has 0 unspecified atom stereocenters. The van der Waals surface area contributed by atoms with Crippen molar-refractivity contribution in [3.05, 3.63) is 103 Å². The van der Waals surface area contributed by atoms with Crippen molar-refractivity contribution in [1.82, 2.24) is 14.8 Å². The SMILES string of the molecule is CSc1c2sc(C3=C(C(=O)OCc4ccc([N+](=O)[O-])cc4)N4C(=O)[C@H]([C@@H](C)O)[C@H]4[C@H]3C)cn2c[n+]1CC(=O)NOC(=O)OCc1ccc([N+](=O)[O-])cc1. The fourth-order valence-electron chi connectivity index (χ4n) is 6.36. The van der Waals surface area contributed by atoms with Gasteiger partial charge in [-0.25, -0.2) is 14.2 Å². The Morgan fingerprint density at radius 2 is 1.60 bits per heavy atom. The normalized spacial score (nSPS) is 18.3. The topological polar surface area (TPSA) is 226 Å². The number of aliphatic hydroxyl groups is 1. The summed E-state index contributed by atoms with van der Waals surface area (Å²) in [5, 5.41) is 32.9. The van der Waals surface area contributed by atoms with Gasteiger partial charge in [-0.1, -0.05) is 30.0 Å². The number of esters is 1. The van der Waals surface area contributed by atoms with E-state index in [4.69, 9.17) is 14.3 Å². The molecule has 1 saturated heterocycles. The van der Waals surface area contributed by atoms with E-state index in [0.717, 1.165) is 4.83 Å². The summed E-state index contributed by atoms with van der Waals surface area (Å²) in [5.41, 5.74) is 3.42. The standard InChI is InChI=1S/C33H30N6O12S2/c1-17-25(28(37-27(17)26(18(2)40)29(37)42)32(43)49-14-19-4-8-21(9-5-19)38(45)46)23-12-35-16-36(30(52-3)31(35)53-23)13-24(41)34-51-33(44)50-15-20-6-10-22(11-7-20)39(47)48/h4-12,16-18,26-27,40H,13-15H2,1-3H3/p+1/t17-,18+,26+,27+/m0/s1. The number of amides is 2. The van der Waals surface area contributed by atoms with E-state index in [-0.39, 0.29) is 42.7 Å². The molecule has 276 valence electrons. The van der Waals surface area contributed by atoms with Crippen LogP contribution in [0.2, 0.25) is 0 Å². The van der Waals surface area contributed by atoms with Crippen LogP contribution < -0.4 is 10.0 Å². The van der Waals surface area contributed by atoms with Gasteiger partial charge < -0.3 is 24.3 Å². The van der Waals surface area contributed by atoms with Crippen LogP contribution in [0.15, 0.2) is 71.8 Å². The fourth-order valence-corrected chi connectivity index (χ4v) is 8.54. The Morgan fingerprint density at radius 3 is 2.15 bits per heavy atom. The molecule has 20 heteroatoms. The Bertz CT molecular complexity index is 2160. The predicted octanol–water partition coefficient (Wildman–Crippen LogP) is 3.52. The average Bonchev–Trinajstić information content (AvgIpc) is 3.75. The zero-order chi connectivity index (χ0) is 38.1. The number of benzene rings is 2. The molecule has 4 aromatic rings. The number of β-lactam (4-membered cyclic amide) rings is 1. The van der Waals surface area contributed by atoms with Crippen molar-refractivity contribution in [3.8, 4) is 0 Å². The van der Waals surface area contributed by atoms with Crippen LogP contribution in [0.1, 0.15) is 29.9 Å². The lowest BCUT2D eigenvalue weighted by Gasteiger charge is -2.46. The molecule has 2 amide bonds. The third-order valence-electron chi connectivity index (χ3n) is 8.81. The number of fused-ring (bicyclic) bond motifs is 2. The Kier molecular flexibility index (Phi) is 10.5. The van der Waals surface area contributed by atoms with Crippen molar-refractivity contribution in [2.75, 3.05) is 6.26 Å². The number of nitro groups is 2. The number of nitrogens with one attached hydrogen (secondary N) is 1. The summed E-state index contributed by atoms with van der Waals surface area (Å²) in [4.78, 5) is 79.9. The van der Waals surface area contributed by atoms with Crippen LogP contribution in [0.3, 0.4) is 0 Å². The van der Waals surface area contributed by atoms with E-state index < -0.39 is 51.8 Å². The van der Waals surface area contributed by atoms with E-state index in [2.05, 4.69) is 0 Å². The number of hydrogen-bond acceptors (Lipinski definition) is 14. The monoisotopic (exact) mass is 767 g/mol. The molecule has 4 atom stereocenters. The average molecular weight is 768 g/mol. The highest BCUT2D eigenvalue weighted by Crippen LogP contribution is 2.52. The van der Waals surface area contributed by atoms with Crippen LogP contribution in [-0.4, -0.2) is 66.6 Å². The number of ether oxygens (including phenoxy) is 2. The zero-order valence-electron chi connectivity index (χ0n) is 28.2. The lowest BCUT2D eigenvalue weighted by atomic mass is 9.77. The van der Waals surface area contributed by atoms with Gasteiger partial charge in [0.25, 0.3) is 23.6 Å². The first-order chi connectivity index (χ1) is 25.3. The fraction of sp³-hybridized carbons (Fsp3) is 0.303. The molecule has 2 aromatic carbocycles. The predicted molar refractivity (Wildman–Crippen MR) is 185 cm³/mol. The lowest BCUT2D eigenvalue weighted by molar-refractivity contribution is -0.718. The van der Waals surface area contributed by atoms with Crippen LogP contribution in [0.25, 0.3) is 10.4 Å². The highest BCUT2D eigenvalue weighted by Gasteiger charge is 2.60. The summed E-state index contributed by atoms with van der Waals surface area (Å²) < 4.78 is 14.0. The lowest BCUT2D eigenvalue weighted by Crippen LogP contribution is -2.63. The Balaban J connectivity index is 1.17. The maximum atomic E-state index is 13.7. The smallest absolute Gasteiger partial charge is 0.456 e. The summed E-state index contributed by atoms with van der Waals surface area (Å²) in [6, 6.07) is 10.4. The number of nitro benzene ring substituents is 2. The first-order valence-corrected chi connectivity index (χ1v) is 17.9. The van der Waals surface area contributed by atoms with E-state index in [0.29, 0.717) is 26.6 Å². The van der Waals surface area contributed by atoms with Crippen LogP contribution in [0.4, 0.5) is 16.2 Å². The zero-order valence-corrected chi connectivity index (χ0v) is 29.8. The molecule has 2 aromatic heterocycles. The number of thiazole rings is 1. The maximum absolute atomic E-state index is 13.7. The van der Waals surface area contributed by atoms with Gasteiger partial charge in [0.15, 0.2) is 6.54 Å². The summed E-state index contributed by atoms with van der Waals surface area (Å²) in [6.07, 6.45) is 3.10. The largest absolute Gasteiger partial charge is 0.533 e. The number of aromatic nitrogens is 2. The van der Waals surface area contributed by atoms with Crippen molar-refractivity contribution in [1.29, 1.82) is 0 Å². The number of thioether (sulfide) groups is 1. The van der Waals surface area contributed by atoms with Gasteiger partial charge in [0, 0.05) is 35.8 Å². The van der Waals surface area contributed by atoms with E-state index in [1.807, 2.05) is 18.7 Å². The van der Waals surface area contributed by atoms with Crippen molar-refractivity contribution in [2.24, 2.45) is 11.8 Å². The van der Waals surface area contributed by atoms with Gasteiger partial charge in [0.05, 0.1) is 32.8 Å². The molecule has 0 saturated carbocycles. The minimum Gasteiger partial charge on any atom is -0.456 e. The molecular formula is C33H31N6O12S2+. The number of aliphatic hydroxyl groups excluding tert-OH is 1. The number of rotatable bonds is 12. The molecule has 4 heterocycles. The highest BCUT2D eigenvalue weighted by atomic mass is 32.2. The molecule has 0 spiro atoms. The number of hydrogen-bond donors (Lipinski definition) is 2. The van der Waals surface area contributed by atoms with Gasteiger partial charge >= 0.3 is 12.1 Å². The molecule has 0 aliphatic carbocycles. The van der Waals surface area contributed by atoms with E-state index in [9.17, 15) is 44.5 Å². The molecule has 0 radical (unpaired) electrons. The second-order valence-electron chi connectivity index (χ2n) is 12.2. The number of non-ortho nitro benzene ring substituents is 2. The minimum atomic E-state index is -1.18. The van der Waals surface area contributed by atoms with Crippen molar-refractivity contribution < 1.29 is 53.0 Å².